The third-order valence-electron chi connectivity index (χ3n) is 3.02. The lowest BCUT2D eigenvalue weighted by Crippen LogP contribution is -2.43. The van der Waals surface area contributed by atoms with E-state index in [1.54, 1.807) is 0 Å². The number of thioether (sulfide) groups is 1. The molecule has 1 heterocycles. The van der Waals surface area contributed by atoms with Gasteiger partial charge in [-0.05, 0) is 44.1 Å². The molecule has 0 bridgehead atoms. The molecule has 1 rings (SSSR count). The van der Waals surface area contributed by atoms with Crippen molar-refractivity contribution in [1.29, 1.82) is 0 Å². The van der Waals surface area contributed by atoms with Crippen LogP contribution < -0.4 is 11.1 Å². The Morgan fingerprint density at radius 3 is 2.50 bits per heavy atom. The topological polar surface area (TPSA) is 55.1 Å². The van der Waals surface area contributed by atoms with Gasteiger partial charge in [-0.15, -0.1) is 12.4 Å². The summed E-state index contributed by atoms with van der Waals surface area (Å²) >= 11 is 2.01. The molecule has 16 heavy (non-hydrogen) atoms. The molecule has 5 heteroatoms. The number of carbonyl (C=O) groups excluding carboxylic acids is 1. The molecule has 0 spiro atoms. The van der Waals surface area contributed by atoms with Gasteiger partial charge in [0.25, 0.3) is 0 Å². The summed E-state index contributed by atoms with van der Waals surface area (Å²) in [4.78, 5) is 11.7. The predicted octanol–water partition coefficient (Wildman–Crippen LogP) is 1.65. The normalized spacial score (nSPS) is 17.7. The van der Waals surface area contributed by atoms with Gasteiger partial charge < -0.3 is 11.1 Å². The maximum atomic E-state index is 11.7. The number of carbonyl (C=O) groups is 1. The highest BCUT2D eigenvalue weighted by atomic mass is 35.5. The largest absolute Gasteiger partial charge is 0.355 e. The average Bonchev–Trinajstić information content (AvgIpc) is 2.27. The van der Waals surface area contributed by atoms with Crippen LogP contribution in [0.4, 0.5) is 0 Å². The summed E-state index contributed by atoms with van der Waals surface area (Å²) in [5, 5.41) is 3.02. The molecule has 0 saturated carbocycles. The van der Waals surface area contributed by atoms with E-state index in [-0.39, 0.29) is 18.3 Å². The van der Waals surface area contributed by atoms with Gasteiger partial charge in [0.2, 0.25) is 5.91 Å². The van der Waals surface area contributed by atoms with E-state index in [0.717, 1.165) is 6.54 Å². The molecule has 1 saturated heterocycles. The third kappa shape index (κ3) is 4.93. The zero-order valence-electron chi connectivity index (χ0n) is 10.1. The van der Waals surface area contributed by atoms with E-state index in [9.17, 15) is 4.79 Å². The van der Waals surface area contributed by atoms with Crippen LogP contribution in [0.1, 0.15) is 26.7 Å². The molecule has 1 aliphatic heterocycles. The van der Waals surface area contributed by atoms with Crippen molar-refractivity contribution >= 4 is 30.1 Å². The van der Waals surface area contributed by atoms with E-state index in [0.29, 0.717) is 12.5 Å². The monoisotopic (exact) mass is 266 g/mol. The predicted molar refractivity (Wildman–Crippen MR) is 73.1 cm³/mol. The van der Waals surface area contributed by atoms with Gasteiger partial charge in [-0.25, -0.2) is 0 Å². The molecule has 1 fully saturated rings. The van der Waals surface area contributed by atoms with Crippen LogP contribution >= 0.6 is 24.2 Å². The second-order valence-electron chi connectivity index (χ2n) is 4.85. The minimum atomic E-state index is -0.427. The number of hydrogen-bond acceptors (Lipinski definition) is 3. The number of amides is 1. The Hall–Kier alpha value is 0.0700. The van der Waals surface area contributed by atoms with Gasteiger partial charge in [-0.1, -0.05) is 0 Å². The van der Waals surface area contributed by atoms with E-state index < -0.39 is 5.41 Å². The third-order valence-corrected chi connectivity index (χ3v) is 4.07. The van der Waals surface area contributed by atoms with E-state index >= 15 is 0 Å². The fourth-order valence-corrected chi connectivity index (χ4v) is 2.72. The minimum absolute atomic E-state index is 0. The second kappa shape index (κ2) is 7.41. The van der Waals surface area contributed by atoms with Gasteiger partial charge in [0.1, 0.15) is 0 Å². The van der Waals surface area contributed by atoms with Crippen molar-refractivity contribution in [3.63, 3.8) is 0 Å². The van der Waals surface area contributed by atoms with Gasteiger partial charge in [0, 0.05) is 13.1 Å². The number of nitrogens with two attached hydrogens (primary N) is 1. The molecule has 1 amide bonds. The van der Waals surface area contributed by atoms with Crippen LogP contribution in [-0.4, -0.2) is 30.5 Å². The van der Waals surface area contributed by atoms with Crippen molar-refractivity contribution in [2.24, 2.45) is 17.1 Å². The van der Waals surface area contributed by atoms with Crippen molar-refractivity contribution in [3.05, 3.63) is 0 Å². The molecule has 0 aromatic carbocycles. The Bertz CT molecular complexity index is 218. The quantitative estimate of drug-likeness (QED) is 0.814. The molecular formula is C11H23ClN2OS. The SMILES string of the molecule is CC(C)(CN)C(=O)NCC1CCSCC1.Cl. The smallest absolute Gasteiger partial charge is 0.226 e. The Morgan fingerprint density at radius 2 is 2.00 bits per heavy atom. The van der Waals surface area contributed by atoms with Crippen molar-refractivity contribution < 1.29 is 4.79 Å². The molecule has 0 unspecified atom stereocenters. The summed E-state index contributed by atoms with van der Waals surface area (Å²) in [7, 11) is 0. The highest BCUT2D eigenvalue weighted by Crippen LogP contribution is 2.22. The Labute approximate surface area is 109 Å². The van der Waals surface area contributed by atoms with Crippen LogP contribution in [-0.2, 0) is 4.79 Å². The van der Waals surface area contributed by atoms with Crippen LogP contribution in [0.5, 0.6) is 0 Å². The first-order valence-electron chi connectivity index (χ1n) is 5.62. The van der Waals surface area contributed by atoms with Crippen LogP contribution in [0.15, 0.2) is 0 Å². The van der Waals surface area contributed by atoms with Gasteiger partial charge in [0.15, 0.2) is 0 Å². The van der Waals surface area contributed by atoms with Crippen LogP contribution in [0.2, 0.25) is 0 Å². The van der Waals surface area contributed by atoms with Crippen LogP contribution in [0.3, 0.4) is 0 Å². The molecule has 0 aromatic rings. The molecule has 0 aliphatic carbocycles. The summed E-state index contributed by atoms with van der Waals surface area (Å²) in [5.41, 5.74) is 5.12. The molecule has 1 aliphatic rings. The molecule has 3 nitrogen and oxygen atoms in total. The van der Waals surface area contributed by atoms with Crippen molar-refractivity contribution in [2.75, 3.05) is 24.6 Å². The lowest BCUT2D eigenvalue weighted by Gasteiger charge is -2.25. The molecular weight excluding hydrogens is 244 g/mol. The number of halogens is 1. The van der Waals surface area contributed by atoms with Crippen LogP contribution in [0.25, 0.3) is 0 Å². The van der Waals surface area contributed by atoms with E-state index in [4.69, 9.17) is 5.73 Å². The van der Waals surface area contributed by atoms with E-state index in [1.807, 2.05) is 25.6 Å². The van der Waals surface area contributed by atoms with Crippen LogP contribution in [0, 0.1) is 11.3 Å². The first-order valence-corrected chi connectivity index (χ1v) is 6.78. The summed E-state index contributed by atoms with van der Waals surface area (Å²) in [6.45, 7) is 5.00. The zero-order valence-corrected chi connectivity index (χ0v) is 11.8. The summed E-state index contributed by atoms with van der Waals surface area (Å²) < 4.78 is 0. The molecule has 96 valence electrons. The standard InChI is InChI=1S/C11H22N2OS.ClH/c1-11(2,8-12)10(14)13-7-9-3-5-15-6-4-9;/h9H,3-8,12H2,1-2H3,(H,13,14);1H. The van der Waals surface area contributed by atoms with Crippen molar-refractivity contribution in [2.45, 2.75) is 26.7 Å². The molecule has 0 atom stereocenters. The van der Waals surface area contributed by atoms with E-state index in [1.165, 1.54) is 24.3 Å². The van der Waals surface area contributed by atoms with Gasteiger partial charge in [-0.2, -0.15) is 11.8 Å². The first-order chi connectivity index (χ1) is 7.06. The maximum absolute atomic E-state index is 11.7. The Morgan fingerprint density at radius 1 is 1.44 bits per heavy atom. The lowest BCUT2D eigenvalue weighted by atomic mass is 9.92. The van der Waals surface area contributed by atoms with Gasteiger partial charge in [-0.3, -0.25) is 4.79 Å². The second-order valence-corrected chi connectivity index (χ2v) is 6.08. The number of hydrogen-bond donors (Lipinski definition) is 2. The maximum Gasteiger partial charge on any atom is 0.226 e. The zero-order chi connectivity index (χ0) is 11.3. The Balaban J connectivity index is 0.00000225. The molecule has 0 radical (unpaired) electrons. The summed E-state index contributed by atoms with van der Waals surface area (Å²) in [6.07, 6.45) is 2.46. The summed E-state index contributed by atoms with van der Waals surface area (Å²) in [6, 6.07) is 0. The van der Waals surface area contributed by atoms with Crippen molar-refractivity contribution in [3.8, 4) is 0 Å². The lowest BCUT2D eigenvalue weighted by molar-refractivity contribution is -0.129. The molecule has 0 aromatic heterocycles. The van der Waals surface area contributed by atoms with Gasteiger partial charge in [0.05, 0.1) is 5.41 Å². The molecule has 3 N–H and O–H groups in total. The summed E-state index contributed by atoms with van der Waals surface area (Å²) in [5.74, 6) is 3.23. The average molecular weight is 267 g/mol. The fraction of sp³-hybridized carbons (Fsp3) is 0.909. The first kappa shape index (κ1) is 16.1. The number of rotatable bonds is 4. The highest BCUT2D eigenvalue weighted by molar-refractivity contribution is 7.99. The fourth-order valence-electron chi connectivity index (χ4n) is 1.52. The Kier molecular flexibility index (Phi) is 7.44. The number of nitrogens with one attached hydrogen (secondary N) is 1. The van der Waals surface area contributed by atoms with Gasteiger partial charge >= 0.3 is 0 Å². The van der Waals surface area contributed by atoms with Crippen molar-refractivity contribution in [1.82, 2.24) is 5.32 Å². The minimum Gasteiger partial charge on any atom is -0.355 e. The highest BCUT2D eigenvalue weighted by Gasteiger charge is 2.26. The van der Waals surface area contributed by atoms with E-state index in [2.05, 4.69) is 5.32 Å².